The zero-order chi connectivity index (χ0) is 27.9. The first-order chi connectivity index (χ1) is 18.5. The van der Waals surface area contributed by atoms with Crippen molar-refractivity contribution in [3.05, 3.63) is 75.0 Å². The van der Waals surface area contributed by atoms with Crippen LogP contribution in [0.3, 0.4) is 0 Å². The number of anilines is 1. The number of hydrogen-bond donors (Lipinski definition) is 2. The molecule has 2 aliphatic heterocycles. The summed E-state index contributed by atoms with van der Waals surface area (Å²) in [6, 6.07) is 10.0. The topological polar surface area (TPSA) is 70.7 Å². The molecule has 6 nitrogen and oxygen atoms in total. The van der Waals surface area contributed by atoms with Crippen LogP contribution in [0.1, 0.15) is 44.2 Å². The fourth-order valence-corrected chi connectivity index (χ4v) is 6.74. The second kappa shape index (κ2) is 10.8. The molecule has 1 saturated heterocycles. The van der Waals surface area contributed by atoms with Crippen LogP contribution in [-0.4, -0.2) is 56.1 Å². The number of morpholine rings is 1. The molecule has 0 bridgehead atoms. The quantitative estimate of drug-likeness (QED) is 0.475. The number of rotatable bonds is 6. The lowest BCUT2D eigenvalue weighted by atomic mass is 9.61. The number of amides is 2. The molecule has 0 saturated carbocycles. The van der Waals surface area contributed by atoms with Gasteiger partial charge >= 0.3 is 0 Å². The minimum atomic E-state index is -1.24. The summed E-state index contributed by atoms with van der Waals surface area (Å²) in [6.07, 6.45) is 2.50. The summed E-state index contributed by atoms with van der Waals surface area (Å²) in [7, 11) is 0. The highest BCUT2D eigenvalue weighted by Gasteiger charge is 2.62. The Morgan fingerprint density at radius 2 is 1.95 bits per heavy atom. The van der Waals surface area contributed by atoms with Gasteiger partial charge in [0.1, 0.15) is 5.82 Å². The van der Waals surface area contributed by atoms with E-state index in [2.05, 4.69) is 36.3 Å². The Labute approximate surface area is 238 Å². The van der Waals surface area contributed by atoms with Gasteiger partial charge in [-0.15, -0.1) is 0 Å². The number of allylic oxidation sites excluding steroid dienone is 1. The van der Waals surface area contributed by atoms with Gasteiger partial charge in [0.25, 0.3) is 0 Å². The van der Waals surface area contributed by atoms with Gasteiger partial charge in [-0.05, 0) is 47.1 Å². The minimum Gasteiger partial charge on any atom is -0.379 e. The molecule has 39 heavy (non-hydrogen) atoms. The average Bonchev–Trinajstić information content (AvgIpc) is 3.35. The van der Waals surface area contributed by atoms with Gasteiger partial charge in [0.2, 0.25) is 11.8 Å². The maximum atomic E-state index is 15.8. The predicted octanol–water partition coefficient (Wildman–Crippen LogP) is 5.55. The van der Waals surface area contributed by atoms with Crippen molar-refractivity contribution in [2.24, 2.45) is 11.3 Å². The number of nitrogens with one attached hydrogen (secondary N) is 2. The average molecular weight is 575 g/mol. The largest absolute Gasteiger partial charge is 0.379 e. The number of carbonyl (C=O) groups excluding carboxylic acids is 2. The van der Waals surface area contributed by atoms with Gasteiger partial charge in [0.05, 0.1) is 23.7 Å². The van der Waals surface area contributed by atoms with Crippen LogP contribution in [0.25, 0.3) is 0 Å². The molecule has 208 valence electrons. The van der Waals surface area contributed by atoms with Crippen LogP contribution in [0.2, 0.25) is 10.0 Å². The highest BCUT2D eigenvalue weighted by Crippen LogP contribution is 2.61. The number of fused-ring (bicyclic) bond motifs is 2. The van der Waals surface area contributed by atoms with E-state index in [0.29, 0.717) is 54.6 Å². The molecule has 2 aromatic carbocycles. The minimum absolute atomic E-state index is 0.0521. The molecule has 1 aliphatic carbocycles. The molecule has 0 radical (unpaired) electrons. The van der Waals surface area contributed by atoms with Crippen molar-refractivity contribution in [2.75, 3.05) is 44.7 Å². The molecule has 0 unspecified atom stereocenters. The van der Waals surface area contributed by atoms with Crippen LogP contribution in [0, 0.1) is 17.2 Å². The smallest absolute Gasteiger partial charge is 0.247 e. The number of carbonyl (C=O) groups is 2. The first-order valence-electron chi connectivity index (χ1n) is 13.4. The monoisotopic (exact) mass is 573 g/mol. The molecule has 5 rings (SSSR count). The first-order valence-corrected chi connectivity index (χ1v) is 14.1. The highest BCUT2D eigenvalue weighted by atomic mass is 35.5. The van der Waals surface area contributed by atoms with Crippen LogP contribution >= 0.6 is 23.2 Å². The molecule has 0 aromatic heterocycles. The Bertz CT molecular complexity index is 1320. The fourth-order valence-electron chi connectivity index (χ4n) is 6.38. The number of halogens is 3. The van der Waals surface area contributed by atoms with Gasteiger partial charge in [0.15, 0.2) is 0 Å². The molecule has 2 amide bonds. The van der Waals surface area contributed by atoms with E-state index in [1.165, 1.54) is 6.07 Å². The molecular formula is C30H34Cl2FN3O3. The van der Waals surface area contributed by atoms with E-state index >= 15 is 4.39 Å². The van der Waals surface area contributed by atoms with Crippen LogP contribution in [0.4, 0.5) is 10.1 Å². The second-order valence-electron chi connectivity index (χ2n) is 11.8. The van der Waals surface area contributed by atoms with E-state index in [1.54, 1.807) is 24.3 Å². The van der Waals surface area contributed by atoms with E-state index in [-0.39, 0.29) is 33.7 Å². The van der Waals surface area contributed by atoms with Crippen LogP contribution in [0.15, 0.2) is 48.0 Å². The van der Waals surface area contributed by atoms with Crippen molar-refractivity contribution in [3.63, 3.8) is 0 Å². The summed E-state index contributed by atoms with van der Waals surface area (Å²) in [5.74, 6) is -2.45. The normalized spacial score (nSPS) is 25.0. The Morgan fingerprint density at radius 3 is 2.67 bits per heavy atom. The maximum absolute atomic E-state index is 15.8. The predicted molar refractivity (Wildman–Crippen MR) is 152 cm³/mol. The second-order valence-corrected chi connectivity index (χ2v) is 12.6. The molecule has 3 atom stereocenters. The third-order valence-corrected chi connectivity index (χ3v) is 8.51. The highest BCUT2D eigenvalue weighted by molar-refractivity contribution is 6.31. The van der Waals surface area contributed by atoms with E-state index in [1.807, 2.05) is 12.1 Å². The van der Waals surface area contributed by atoms with Crippen molar-refractivity contribution in [3.8, 4) is 0 Å². The number of nitrogens with zero attached hydrogens (tertiary/aromatic N) is 1. The van der Waals surface area contributed by atoms with Gasteiger partial charge in [-0.3, -0.25) is 14.5 Å². The number of hydrogen-bond acceptors (Lipinski definition) is 4. The lowest BCUT2D eigenvalue weighted by molar-refractivity contribution is -0.123. The van der Waals surface area contributed by atoms with E-state index in [0.717, 1.165) is 13.1 Å². The van der Waals surface area contributed by atoms with Gasteiger partial charge in [-0.1, -0.05) is 68.2 Å². The van der Waals surface area contributed by atoms with Gasteiger partial charge in [0, 0.05) is 48.4 Å². The van der Waals surface area contributed by atoms with Crippen molar-refractivity contribution >= 4 is 40.7 Å². The molecule has 1 fully saturated rings. The van der Waals surface area contributed by atoms with E-state index in [4.69, 9.17) is 27.9 Å². The molecular weight excluding hydrogens is 540 g/mol. The van der Waals surface area contributed by atoms with Crippen LogP contribution in [-0.2, 0) is 19.7 Å². The number of ether oxygens (including phenoxy) is 1. The lowest BCUT2D eigenvalue weighted by Gasteiger charge is -2.39. The third kappa shape index (κ3) is 5.22. The van der Waals surface area contributed by atoms with Gasteiger partial charge in [-0.2, -0.15) is 0 Å². The summed E-state index contributed by atoms with van der Waals surface area (Å²) < 4.78 is 21.2. The Kier molecular flexibility index (Phi) is 7.81. The van der Waals surface area contributed by atoms with Gasteiger partial charge in [-0.25, -0.2) is 4.39 Å². The number of benzene rings is 2. The summed E-state index contributed by atoms with van der Waals surface area (Å²) in [5.41, 5.74) is 0.486. The summed E-state index contributed by atoms with van der Waals surface area (Å²) in [4.78, 5) is 30.2. The van der Waals surface area contributed by atoms with Crippen molar-refractivity contribution in [1.29, 1.82) is 0 Å². The Balaban J connectivity index is 1.61. The zero-order valence-electron chi connectivity index (χ0n) is 22.5. The molecule has 9 heteroatoms. The van der Waals surface area contributed by atoms with Crippen molar-refractivity contribution in [2.45, 2.75) is 38.5 Å². The Morgan fingerprint density at radius 1 is 1.21 bits per heavy atom. The van der Waals surface area contributed by atoms with Crippen LogP contribution in [0.5, 0.6) is 0 Å². The van der Waals surface area contributed by atoms with Crippen molar-refractivity contribution in [1.82, 2.24) is 10.2 Å². The third-order valence-electron chi connectivity index (χ3n) is 7.99. The molecule has 3 aliphatic rings. The molecule has 2 aromatic rings. The van der Waals surface area contributed by atoms with Gasteiger partial charge < -0.3 is 15.4 Å². The molecule has 2 heterocycles. The maximum Gasteiger partial charge on any atom is 0.247 e. The van der Waals surface area contributed by atoms with E-state index < -0.39 is 17.2 Å². The summed E-state index contributed by atoms with van der Waals surface area (Å²) >= 11 is 12.5. The zero-order valence-corrected chi connectivity index (χ0v) is 24.0. The SMILES string of the molecule is CC(C)(C)C[C@@H]1C=C(C(=O)NCCN2CCOCC2)[C@H](c2cccc(Cl)c2F)[C@]12C(=O)Nc1cc(Cl)ccc12. The fraction of sp³-hybridized carbons (Fsp3) is 0.467. The Hall–Kier alpha value is -2.45. The summed E-state index contributed by atoms with van der Waals surface area (Å²) in [5, 5.41) is 6.48. The standard InChI is InChI=1S/C30H34Cl2FN3O3/c1-29(2,3)17-18-15-21(27(37)34-9-10-36-11-13-39-14-12-36)25(20-5-4-6-23(32)26(20)33)30(18)22-8-7-19(31)16-24(22)35-28(30)38/h4-8,15-16,18,25H,9-14,17H2,1-3H3,(H,34,37)(H,35,38)/t18-,25-,30-/m0/s1. The molecule has 1 spiro atoms. The molecule has 2 N–H and O–H groups in total. The lowest BCUT2D eigenvalue weighted by Crippen LogP contribution is -2.46. The van der Waals surface area contributed by atoms with E-state index in [9.17, 15) is 9.59 Å². The van der Waals surface area contributed by atoms with Crippen LogP contribution < -0.4 is 10.6 Å². The summed E-state index contributed by atoms with van der Waals surface area (Å²) in [6.45, 7) is 10.4. The van der Waals surface area contributed by atoms with Crippen molar-refractivity contribution < 1.29 is 18.7 Å². The first kappa shape index (κ1) is 28.1.